The molecule has 1 fully saturated rings. The zero-order chi connectivity index (χ0) is 18.0. The van der Waals surface area contributed by atoms with Crippen molar-refractivity contribution < 1.29 is 14.6 Å². The fourth-order valence-corrected chi connectivity index (χ4v) is 3.57. The van der Waals surface area contributed by atoms with Gasteiger partial charge in [0, 0.05) is 23.7 Å². The average molecular weight is 342 g/mol. The minimum absolute atomic E-state index is 0.0862. The first kappa shape index (κ1) is 17.7. The number of benzene rings is 1. The largest absolute Gasteiger partial charge is 0.497 e. The van der Waals surface area contributed by atoms with Crippen LogP contribution in [0.2, 0.25) is 0 Å². The molecule has 134 valence electrons. The summed E-state index contributed by atoms with van der Waals surface area (Å²) < 4.78 is 5.20. The SMILES string of the molecule is COc1ccc2cc(C(=O)NC3CCC(C(C)(C)O)CC3)cnc2c1. The molecule has 0 spiro atoms. The second kappa shape index (κ2) is 7.00. The Morgan fingerprint density at radius 3 is 2.60 bits per heavy atom. The molecule has 0 saturated heterocycles. The van der Waals surface area contributed by atoms with E-state index in [1.165, 1.54) is 0 Å². The Kier molecular flexibility index (Phi) is 4.95. The number of ether oxygens (including phenoxy) is 1. The van der Waals surface area contributed by atoms with Crippen molar-refractivity contribution in [3.8, 4) is 5.75 Å². The molecule has 0 aliphatic heterocycles. The van der Waals surface area contributed by atoms with Crippen LogP contribution >= 0.6 is 0 Å². The fraction of sp³-hybridized carbons (Fsp3) is 0.500. The quantitative estimate of drug-likeness (QED) is 0.894. The van der Waals surface area contributed by atoms with Crippen LogP contribution in [-0.2, 0) is 0 Å². The molecule has 0 radical (unpaired) electrons. The Bertz CT molecular complexity index is 759. The molecule has 2 aromatic rings. The van der Waals surface area contributed by atoms with Crippen molar-refractivity contribution in [1.29, 1.82) is 0 Å². The summed E-state index contributed by atoms with van der Waals surface area (Å²) >= 11 is 0. The van der Waals surface area contributed by atoms with Crippen molar-refractivity contribution in [2.75, 3.05) is 7.11 Å². The molecule has 0 bridgehead atoms. The molecule has 0 atom stereocenters. The van der Waals surface area contributed by atoms with Gasteiger partial charge in [-0.05, 0) is 63.6 Å². The molecule has 25 heavy (non-hydrogen) atoms. The molecule has 0 unspecified atom stereocenters. The van der Waals surface area contributed by atoms with Gasteiger partial charge >= 0.3 is 0 Å². The topological polar surface area (TPSA) is 71.5 Å². The summed E-state index contributed by atoms with van der Waals surface area (Å²) in [4.78, 5) is 16.9. The van der Waals surface area contributed by atoms with Gasteiger partial charge in [0.05, 0.1) is 23.8 Å². The summed E-state index contributed by atoms with van der Waals surface area (Å²) in [5, 5.41) is 14.1. The minimum atomic E-state index is -0.641. The van der Waals surface area contributed by atoms with Crippen LogP contribution in [0, 0.1) is 5.92 Å². The van der Waals surface area contributed by atoms with Gasteiger partial charge in [0.1, 0.15) is 5.75 Å². The highest BCUT2D eigenvalue weighted by molar-refractivity contribution is 5.97. The highest BCUT2D eigenvalue weighted by Crippen LogP contribution is 2.32. The van der Waals surface area contributed by atoms with Gasteiger partial charge in [0.15, 0.2) is 0 Å². The normalized spacial score (nSPS) is 21.1. The molecule has 5 nitrogen and oxygen atoms in total. The standard InChI is InChI=1S/C20H26N2O3/c1-20(2,24)15-5-7-16(8-6-15)22-19(23)14-10-13-4-9-17(25-3)11-18(13)21-12-14/h4,9-12,15-16,24H,5-8H2,1-3H3,(H,22,23). The lowest BCUT2D eigenvalue weighted by atomic mass is 9.77. The van der Waals surface area contributed by atoms with Gasteiger partial charge in [-0.2, -0.15) is 0 Å². The van der Waals surface area contributed by atoms with E-state index in [0.29, 0.717) is 11.5 Å². The van der Waals surface area contributed by atoms with Crippen LogP contribution in [0.5, 0.6) is 5.75 Å². The molecule has 5 heteroatoms. The van der Waals surface area contributed by atoms with E-state index in [9.17, 15) is 9.90 Å². The van der Waals surface area contributed by atoms with Crippen molar-refractivity contribution >= 4 is 16.8 Å². The number of carbonyl (C=O) groups is 1. The Morgan fingerprint density at radius 1 is 1.24 bits per heavy atom. The molecule has 3 rings (SSSR count). The lowest BCUT2D eigenvalue weighted by Crippen LogP contribution is -2.41. The Labute approximate surface area is 148 Å². The maximum absolute atomic E-state index is 12.5. The van der Waals surface area contributed by atoms with E-state index in [-0.39, 0.29) is 11.9 Å². The minimum Gasteiger partial charge on any atom is -0.497 e. The number of pyridine rings is 1. The van der Waals surface area contributed by atoms with E-state index in [1.807, 2.05) is 38.1 Å². The molecular formula is C20H26N2O3. The number of methoxy groups -OCH3 is 1. The molecule has 1 aliphatic rings. The third kappa shape index (κ3) is 4.10. The molecule has 2 N–H and O–H groups in total. The van der Waals surface area contributed by atoms with Crippen molar-refractivity contribution in [1.82, 2.24) is 10.3 Å². The predicted octanol–water partition coefficient (Wildman–Crippen LogP) is 3.30. The van der Waals surface area contributed by atoms with Gasteiger partial charge in [-0.15, -0.1) is 0 Å². The first-order valence-corrected chi connectivity index (χ1v) is 8.84. The third-order valence-corrected chi connectivity index (χ3v) is 5.21. The Hall–Kier alpha value is -2.14. The second-order valence-electron chi connectivity index (χ2n) is 7.46. The van der Waals surface area contributed by atoms with Crippen LogP contribution in [0.3, 0.4) is 0 Å². The van der Waals surface area contributed by atoms with Gasteiger partial charge in [-0.3, -0.25) is 9.78 Å². The second-order valence-corrected chi connectivity index (χ2v) is 7.46. The van der Waals surface area contributed by atoms with E-state index in [1.54, 1.807) is 13.3 Å². The van der Waals surface area contributed by atoms with Gasteiger partial charge in [-0.1, -0.05) is 0 Å². The molecule has 1 aliphatic carbocycles. The maximum Gasteiger partial charge on any atom is 0.253 e. The lowest BCUT2D eigenvalue weighted by molar-refractivity contribution is -0.00257. The lowest BCUT2D eigenvalue weighted by Gasteiger charge is -2.36. The third-order valence-electron chi connectivity index (χ3n) is 5.21. The number of aromatic nitrogens is 1. The van der Waals surface area contributed by atoms with Crippen molar-refractivity contribution in [2.45, 2.75) is 51.2 Å². The molecule has 1 saturated carbocycles. The summed E-state index contributed by atoms with van der Waals surface area (Å²) in [6, 6.07) is 7.66. The van der Waals surface area contributed by atoms with Crippen molar-refractivity contribution in [3.05, 3.63) is 36.0 Å². The Balaban J connectivity index is 1.65. The Morgan fingerprint density at radius 2 is 1.96 bits per heavy atom. The van der Waals surface area contributed by atoms with Crippen molar-refractivity contribution in [2.24, 2.45) is 5.92 Å². The first-order chi connectivity index (χ1) is 11.9. The van der Waals surface area contributed by atoms with Crippen LogP contribution in [-0.4, -0.2) is 34.8 Å². The summed E-state index contributed by atoms with van der Waals surface area (Å²) in [5.74, 6) is 0.968. The summed E-state index contributed by atoms with van der Waals surface area (Å²) in [5.41, 5.74) is 0.738. The number of rotatable bonds is 4. The van der Waals surface area contributed by atoms with E-state index in [2.05, 4.69) is 10.3 Å². The monoisotopic (exact) mass is 342 g/mol. The molecule has 1 aromatic heterocycles. The number of hydrogen-bond donors (Lipinski definition) is 2. The van der Waals surface area contributed by atoms with Crippen LogP contribution < -0.4 is 10.1 Å². The van der Waals surface area contributed by atoms with Crippen molar-refractivity contribution in [3.63, 3.8) is 0 Å². The van der Waals surface area contributed by atoms with Crippen LogP contribution in [0.25, 0.3) is 10.9 Å². The number of amides is 1. The van der Waals surface area contributed by atoms with Crippen LogP contribution in [0.4, 0.5) is 0 Å². The molecular weight excluding hydrogens is 316 g/mol. The fourth-order valence-electron chi connectivity index (χ4n) is 3.57. The highest BCUT2D eigenvalue weighted by Gasteiger charge is 2.31. The molecule has 1 heterocycles. The molecule has 1 aromatic carbocycles. The van der Waals surface area contributed by atoms with Crippen LogP contribution in [0.15, 0.2) is 30.5 Å². The smallest absolute Gasteiger partial charge is 0.253 e. The van der Waals surface area contributed by atoms with E-state index in [0.717, 1.165) is 42.3 Å². The highest BCUT2D eigenvalue weighted by atomic mass is 16.5. The number of aliphatic hydroxyl groups is 1. The number of hydrogen-bond acceptors (Lipinski definition) is 4. The average Bonchev–Trinajstić information content (AvgIpc) is 2.60. The van der Waals surface area contributed by atoms with E-state index in [4.69, 9.17) is 4.74 Å². The predicted molar refractivity (Wildman–Crippen MR) is 97.8 cm³/mol. The summed E-state index contributed by atoms with van der Waals surface area (Å²) in [7, 11) is 1.62. The zero-order valence-corrected chi connectivity index (χ0v) is 15.1. The number of fused-ring (bicyclic) bond motifs is 1. The number of nitrogens with zero attached hydrogens (tertiary/aromatic N) is 1. The number of nitrogens with one attached hydrogen (secondary N) is 1. The molecule has 1 amide bonds. The van der Waals surface area contributed by atoms with Crippen LogP contribution in [0.1, 0.15) is 49.9 Å². The van der Waals surface area contributed by atoms with E-state index < -0.39 is 5.60 Å². The number of carbonyl (C=O) groups excluding carboxylic acids is 1. The summed E-state index contributed by atoms with van der Waals surface area (Å²) in [6.07, 6.45) is 5.28. The van der Waals surface area contributed by atoms with Gasteiger partial charge in [0.2, 0.25) is 0 Å². The van der Waals surface area contributed by atoms with E-state index >= 15 is 0 Å². The van der Waals surface area contributed by atoms with Gasteiger partial charge < -0.3 is 15.2 Å². The zero-order valence-electron chi connectivity index (χ0n) is 15.1. The summed E-state index contributed by atoms with van der Waals surface area (Å²) in [6.45, 7) is 3.73. The van der Waals surface area contributed by atoms with Gasteiger partial charge in [-0.25, -0.2) is 0 Å². The first-order valence-electron chi connectivity index (χ1n) is 8.84. The maximum atomic E-state index is 12.5. The van der Waals surface area contributed by atoms with Gasteiger partial charge in [0.25, 0.3) is 5.91 Å².